The van der Waals surface area contributed by atoms with Crippen LogP contribution in [0.25, 0.3) is 11.2 Å². The van der Waals surface area contributed by atoms with Crippen LogP contribution in [0.5, 0.6) is 0 Å². The van der Waals surface area contributed by atoms with Crippen molar-refractivity contribution in [2.75, 3.05) is 11.1 Å². The average molecular weight is 609 g/mol. The predicted molar refractivity (Wildman–Crippen MR) is 142 cm³/mol. The maximum absolute atomic E-state index is 12.3. The number of hydrogen-bond acceptors (Lipinski definition) is 12. The second kappa shape index (κ2) is 14.3. The van der Waals surface area contributed by atoms with Gasteiger partial charge in [0.2, 0.25) is 11.7 Å². The first-order chi connectivity index (χ1) is 19.6. The lowest BCUT2D eigenvalue weighted by Gasteiger charge is -2.14. The van der Waals surface area contributed by atoms with Crippen molar-refractivity contribution in [1.82, 2.24) is 25.3 Å². The number of aromatic amines is 1. The monoisotopic (exact) mass is 609 g/mol. The summed E-state index contributed by atoms with van der Waals surface area (Å²) in [7, 11) is -4.76. The van der Waals surface area contributed by atoms with E-state index < -0.39 is 49.0 Å². The molecule has 1 aromatic carbocycles. The van der Waals surface area contributed by atoms with E-state index in [4.69, 9.17) is 30.8 Å². The number of H-pyrrole nitrogens is 1. The number of anilines is 2. The number of nitrogens with two attached hydrogens (primary N) is 1. The van der Waals surface area contributed by atoms with E-state index in [2.05, 4.69) is 41.7 Å². The Morgan fingerprint density at radius 1 is 1.10 bits per heavy atom. The maximum atomic E-state index is 12.3. The van der Waals surface area contributed by atoms with Crippen LogP contribution in [-0.4, -0.2) is 74.9 Å². The maximum Gasteiger partial charge on any atom is 0.525 e. The number of carboxylic acid groups (broad SMARTS) is 3. The Balaban J connectivity index is 0.000000528. The molecule has 0 saturated carbocycles. The molecule has 2 aromatic heterocycles. The van der Waals surface area contributed by atoms with Crippen molar-refractivity contribution in [2.45, 2.75) is 25.4 Å². The molecule has 0 bridgehead atoms. The van der Waals surface area contributed by atoms with Crippen LogP contribution in [0.4, 0.5) is 11.6 Å². The normalized spacial score (nSPS) is 11.4. The Morgan fingerprint density at radius 3 is 2.26 bits per heavy atom. The molecule has 19 nitrogen and oxygen atoms in total. The number of carbonyl (C=O) groups excluding carboxylic acids is 1. The standard InChI is InChI=1S/C19H19N7O6.C3H5O6P/c20-19-25-15-14(17(30)26-19)23-11(8-22-15)7-21-10-3-1-9(2-4-10)16(29)24-12(18(31)32)5-6-13(27)28;1-2(3(4)5)9-10(6,7)8/h1-4,8,12,21H,5-7H2,(H,24,29)(H,27,28)(H,31,32)(H3,20,22,25,26,30);1H2,(H,4,5)(H2,6,7,8). The van der Waals surface area contributed by atoms with Gasteiger partial charge in [0.05, 0.1) is 18.4 Å². The van der Waals surface area contributed by atoms with E-state index in [9.17, 15) is 28.5 Å². The topological polar surface area (TPSA) is 317 Å². The molecule has 1 atom stereocenters. The molecule has 224 valence electrons. The van der Waals surface area contributed by atoms with Gasteiger partial charge in [-0.1, -0.05) is 0 Å². The third-order valence-corrected chi connectivity index (χ3v) is 5.28. The second-order valence-corrected chi connectivity index (χ2v) is 9.19. The Hall–Kier alpha value is -5.39. The van der Waals surface area contributed by atoms with E-state index in [1.807, 2.05) is 0 Å². The fourth-order valence-electron chi connectivity index (χ4n) is 2.94. The quantitative estimate of drug-likeness (QED) is 0.0719. The van der Waals surface area contributed by atoms with Gasteiger partial charge in [-0.25, -0.2) is 24.1 Å². The van der Waals surface area contributed by atoms with Crippen molar-refractivity contribution < 1.29 is 53.4 Å². The number of phosphoric acid groups is 1. The van der Waals surface area contributed by atoms with Gasteiger partial charge in [0.15, 0.2) is 11.2 Å². The van der Waals surface area contributed by atoms with Gasteiger partial charge in [0.25, 0.3) is 11.5 Å². The number of phosphoric ester groups is 1. The molecule has 42 heavy (non-hydrogen) atoms. The minimum absolute atomic E-state index is 0.0524. The summed E-state index contributed by atoms with van der Waals surface area (Å²) >= 11 is 0. The number of hydrogen-bond donors (Lipinski definition) is 9. The zero-order valence-electron chi connectivity index (χ0n) is 21.3. The number of nitrogens with one attached hydrogen (secondary N) is 3. The molecule has 10 N–H and O–H groups in total. The lowest BCUT2D eigenvalue weighted by molar-refractivity contribution is -0.140. The number of rotatable bonds is 12. The highest BCUT2D eigenvalue weighted by molar-refractivity contribution is 7.46. The van der Waals surface area contributed by atoms with Crippen molar-refractivity contribution in [3.8, 4) is 0 Å². The number of aromatic nitrogens is 4. The van der Waals surface area contributed by atoms with Crippen LogP contribution >= 0.6 is 7.82 Å². The van der Waals surface area contributed by atoms with Crippen molar-refractivity contribution in [2.24, 2.45) is 0 Å². The first-order valence-electron chi connectivity index (χ1n) is 11.3. The zero-order chi connectivity index (χ0) is 31.6. The molecule has 0 aliphatic heterocycles. The van der Waals surface area contributed by atoms with Gasteiger partial charge in [-0.3, -0.25) is 29.2 Å². The van der Waals surface area contributed by atoms with Crippen LogP contribution in [0, 0.1) is 0 Å². The predicted octanol–water partition coefficient (Wildman–Crippen LogP) is -0.351. The van der Waals surface area contributed by atoms with Crippen molar-refractivity contribution in [3.05, 3.63) is 64.4 Å². The van der Waals surface area contributed by atoms with Gasteiger partial charge in [-0.05, 0) is 37.3 Å². The lowest BCUT2D eigenvalue weighted by atomic mass is 10.1. The highest BCUT2D eigenvalue weighted by Crippen LogP contribution is 2.38. The van der Waals surface area contributed by atoms with Crippen LogP contribution in [-0.2, 0) is 30.0 Å². The van der Waals surface area contributed by atoms with Crippen LogP contribution in [0.3, 0.4) is 0 Å². The number of amides is 1. The molecule has 0 radical (unpaired) electrons. The minimum Gasteiger partial charge on any atom is -0.481 e. The first kappa shape index (κ1) is 32.8. The summed E-state index contributed by atoms with van der Waals surface area (Å²) in [4.78, 5) is 86.4. The van der Waals surface area contributed by atoms with E-state index >= 15 is 0 Å². The summed E-state index contributed by atoms with van der Waals surface area (Å²) in [6, 6.07) is 4.86. The summed E-state index contributed by atoms with van der Waals surface area (Å²) in [6.45, 7) is 2.96. The van der Waals surface area contributed by atoms with Crippen molar-refractivity contribution >= 4 is 54.4 Å². The molecular formula is C22H24N7O12P. The third-order valence-electron chi connectivity index (χ3n) is 4.82. The van der Waals surface area contributed by atoms with Gasteiger partial charge in [-0.2, -0.15) is 4.98 Å². The molecule has 2 heterocycles. The number of carboxylic acids is 3. The van der Waals surface area contributed by atoms with Crippen LogP contribution in [0.15, 0.2) is 47.6 Å². The first-order valence-corrected chi connectivity index (χ1v) is 12.9. The number of aliphatic carboxylic acids is 3. The molecule has 1 amide bonds. The number of nitrogens with zero attached hydrogens (tertiary/aromatic N) is 3. The molecule has 0 aliphatic carbocycles. The highest BCUT2D eigenvalue weighted by Gasteiger charge is 2.22. The minimum atomic E-state index is -4.76. The Kier molecular flexibility index (Phi) is 11.2. The summed E-state index contributed by atoms with van der Waals surface area (Å²) in [5, 5.41) is 31.2. The molecule has 0 fully saturated rings. The van der Waals surface area contributed by atoms with Crippen LogP contribution in [0.1, 0.15) is 28.9 Å². The van der Waals surface area contributed by atoms with E-state index in [1.165, 1.54) is 18.3 Å². The fourth-order valence-corrected chi connectivity index (χ4v) is 3.30. The summed E-state index contributed by atoms with van der Waals surface area (Å²) in [6.07, 6.45) is 0.840. The smallest absolute Gasteiger partial charge is 0.481 e. The molecule has 0 saturated heterocycles. The summed E-state index contributed by atoms with van der Waals surface area (Å²) in [5.74, 6) is -5.74. The van der Waals surface area contributed by atoms with Crippen LogP contribution in [0.2, 0.25) is 0 Å². The van der Waals surface area contributed by atoms with Gasteiger partial charge in [0.1, 0.15) is 6.04 Å². The second-order valence-electron chi connectivity index (χ2n) is 8.02. The summed E-state index contributed by atoms with van der Waals surface area (Å²) < 4.78 is 13.5. The average Bonchev–Trinajstić information content (AvgIpc) is 2.89. The Bertz CT molecular complexity index is 1600. The van der Waals surface area contributed by atoms with Gasteiger partial charge >= 0.3 is 25.7 Å². The Labute approximate surface area is 234 Å². The lowest BCUT2D eigenvalue weighted by Crippen LogP contribution is -2.41. The third kappa shape index (κ3) is 10.6. The summed E-state index contributed by atoms with van der Waals surface area (Å²) in [5.41, 5.74) is 6.47. The highest BCUT2D eigenvalue weighted by atomic mass is 31.2. The number of benzene rings is 1. The van der Waals surface area contributed by atoms with Crippen molar-refractivity contribution in [3.63, 3.8) is 0 Å². The van der Waals surface area contributed by atoms with E-state index in [0.717, 1.165) is 0 Å². The molecule has 0 spiro atoms. The number of nitrogen functional groups attached to an aromatic ring is 1. The SMILES string of the molecule is C=C(OP(=O)(O)O)C(=O)O.Nc1nc2ncc(CNc3ccc(C(=O)NC(CCC(=O)O)C(=O)O)cc3)nc2c(=O)[nH]1. The Morgan fingerprint density at radius 2 is 1.74 bits per heavy atom. The zero-order valence-corrected chi connectivity index (χ0v) is 22.1. The molecule has 1 unspecified atom stereocenters. The molecule has 20 heteroatoms. The van der Waals surface area contributed by atoms with E-state index in [0.29, 0.717) is 11.4 Å². The van der Waals surface area contributed by atoms with E-state index in [-0.39, 0.29) is 42.1 Å². The molecule has 3 aromatic rings. The molecule has 3 rings (SSSR count). The molecule has 0 aliphatic rings. The van der Waals surface area contributed by atoms with Gasteiger partial charge < -0.3 is 36.2 Å². The largest absolute Gasteiger partial charge is 0.525 e. The number of fused-ring (bicyclic) bond motifs is 1. The van der Waals surface area contributed by atoms with Crippen molar-refractivity contribution in [1.29, 1.82) is 0 Å². The van der Waals surface area contributed by atoms with Crippen LogP contribution < -0.4 is 21.9 Å². The van der Waals surface area contributed by atoms with Gasteiger partial charge in [-0.15, -0.1) is 0 Å². The fraction of sp³-hybridized carbons (Fsp3) is 0.182. The molecular weight excluding hydrogens is 585 g/mol. The van der Waals surface area contributed by atoms with Gasteiger partial charge in [0, 0.05) is 17.7 Å². The number of carbonyl (C=O) groups is 4. The van der Waals surface area contributed by atoms with E-state index in [1.54, 1.807) is 12.1 Å².